The lowest BCUT2D eigenvalue weighted by atomic mass is 10.3. The lowest BCUT2D eigenvalue weighted by molar-refractivity contribution is 0.455. The van der Waals surface area contributed by atoms with E-state index in [0.29, 0.717) is 34.3 Å². The van der Waals surface area contributed by atoms with Gasteiger partial charge < -0.3 is 10.1 Å². The second-order valence-electron chi connectivity index (χ2n) is 4.59. The first kappa shape index (κ1) is 15.0. The van der Waals surface area contributed by atoms with Crippen molar-refractivity contribution >= 4 is 23.2 Å². The molecule has 6 heteroatoms. The minimum Gasteiger partial charge on any atom is -0.437 e. The normalized spacial score (nSPS) is 10.8. The fourth-order valence-corrected chi connectivity index (χ4v) is 2.04. The van der Waals surface area contributed by atoms with E-state index in [-0.39, 0.29) is 0 Å². The molecule has 20 heavy (non-hydrogen) atoms. The molecule has 0 aliphatic carbocycles. The second kappa shape index (κ2) is 6.88. The monoisotopic (exact) mass is 311 g/mol. The van der Waals surface area contributed by atoms with Gasteiger partial charge in [-0.1, -0.05) is 37.0 Å². The molecular formula is C14H15Cl2N3O. The topological polar surface area (TPSA) is 47.0 Å². The van der Waals surface area contributed by atoms with E-state index in [1.54, 1.807) is 30.6 Å². The minimum atomic E-state index is 0.383. The molecule has 0 saturated heterocycles. The molecule has 2 rings (SSSR count). The van der Waals surface area contributed by atoms with Crippen molar-refractivity contribution in [2.45, 2.75) is 26.4 Å². The van der Waals surface area contributed by atoms with Gasteiger partial charge in [-0.2, -0.15) is 0 Å². The number of hydrogen-bond acceptors (Lipinski definition) is 4. The first-order valence-corrected chi connectivity index (χ1v) is 6.97. The Hall–Kier alpha value is -1.36. The van der Waals surface area contributed by atoms with Gasteiger partial charge in [-0.3, -0.25) is 4.98 Å². The quantitative estimate of drug-likeness (QED) is 0.904. The van der Waals surface area contributed by atoms with E-state index < -0.39 is 0 Å². The van der Waals surface area contributed by atoms with Crippen molar-refractivity contribution in [1.29, 1.82) is 0 Å². The van der Waals surface area contributed by atoms with Gasteiger partial charge in [0.2, 0.25) is 5.88 Å². The molecule has 0 spiro atoms. The average Bonchev–Trinajstić information content (AvgIpc) is 2.35. The van der Waals surface area contributed by atoms with Crippen LogP contribution in [0.15, 0.2) is 30.6 Å². The summed E-state index contributed by atoms with van der Waals surface area (Å²) < 4.78 is 5.62. The maximum absolute atomic E-state index is 5.92. The van der Waals surface area contributed by atoms with Gasteiger partial charge in [0.1, 0.15) is 5.75 Å². The average molecular weight is 312 g/mol. The highest BCUT2D eigenvalue weighted by molar-refractivity contribution is 6.34. The van der Waals surface area contributed by atoms with Gasteiger partial charge in [-0.25, -0.2) is 4.98 Å². The molecule has 1 aromatic carbocycles. The van der Waals surface area contributed by atoms with Crippen LogP contribution in [0, 0.1) is 0 Å². The van der Waals surface area contributed by atoms with Crippen molar-refractivity contribution in [2.75, 3.05) is 0 Å². The van der Waals surface area contributed by atoms with Gasteiger partial charge in [-0.05, 0) is 18.2 Å². The van der Waals surface area contributed by atoms with Crippen LogP contribution in [0.2, 0.25) is 10.0 Å². The molecule has 1 aromatic heterocycles. The summed E-state index contributed by atoms with van der Waals surface area (Å²) in [5.41, 5.74) is 0.810. The van der Waals surface area contributed by atoms with E-state index in [4.69, 9.17) is 27.9 Å². The van der Waals surface area contributed by atoms with Crippen LogP contribution in [0.25, 0.3) is 0 Å². The van der Waals surface area contributed by atoms with Crippen molar-refractivity contribution in [3.05, 3.63) is 46.3 Å². The fourth-order valence-electron chi connectivity index (χ4n) is 1.54. The van der Waals surface area contributed by atoms with Crippen LogP contribution < -0.4 is 10.1 Å². The number of ether oxygens (including phenoxy) is 1. The standard InChI is InChI=1S/C14H15Cl2N3O/c1-9(2)18-7-12-6-17-8-14(19-12)20-13-4-10(15)3-11(16)5-13/h3-6,8-9,18H,7H2,1-2H3. The molecule has 0 bridgehead atoms. The van der Waals surface area contributed by atoms with Crippen LogP contribution in [-0.2, 0) is 6.54 Å². The van der Waals surface area contributed by atoms with Crippen LogP contribution >= 0.6 is 23.2 Å². The highest BCUT2D eigenvalue weighted by Crippen LogP contribution is 2.27. The van der Waals surface area contributed by atoms with E-state index in [0.717, 1.165) is 5.69 Å². The van der Waals surface area contributed by atoms with Crippen LogP contribution in [-0.4, -0.2) is 16.0 Å². The zero-order valence-electron chi connectivity index (χ0n) is 11.2. The smallest absolute Gasteiger partial charge is 0.238 e. The lowest BCUT2D eigenvalue weighted by Gasteiger charge is -2.09. The van der Waals surface area contributed by atoms with E-state index >= 15 is 0 Å². The number of halogens is 2. The van der Waals surface area contributed by atoms with Gasteiger partial charge in [-0.15, -0.1) is 0 Å². The number of benzene rings is 1. The zero-order valence-corrected chi connectivity index (χ0v) is 12.7. The summed E-state index contributed by atoms with van der Waals surface area (Å²) >= 11 is 11.8. The van der Waals surface area contributed by atoms with Crippen LogP contribution in [0.4, 0.5) is 0 Å². The van der Waals surface area contributed by atoms with Crippen LogP contribution in [0.1, 0.15) is 19.5 Å². The molecule has 1 heterocycles. The highest BCUT2D eigenvalue weighted by Gasteiger charge is 2.04. The first-order valence-electron chi connectivity index (χ1n) is 6.21. The summed E-state index contributed by atoms with van der Waals surface area (Å²) in [5, 5.41) is 4.30. The van der Waals surface area contributed by atoms with Crippen LogP contribution in [0.5, 0.6) is 11.6 Å². The third-order valence-corrected chi connectivity index (χ3v) is 2.85. The summed E-state index contributed by atoms with van der Waals surface area (Å²) in [6.45, 7) is 4.78. The summed E-state index contributed by atoms with van der Waals surface area (Å²) in [4.78, 5) is 8.48. The SMILES string of the molecule is CC(C)NCc1cncc(Oc2cc(Cl)cc(Cl)c2)n1. The van der Waals surface area contributed by atoms with Crippen molar-refractivity contribution < 1.29 is 4.74 Å². The molecule has 0 aliphatic rings. The van der Waals surface area contributed by atoms with Gasteiger partial charge in [0.05, 0.1) is 11.9 Å². The molecule has 0 aliphatic heterocycles. The predicted molar refractivity (Wildman–Crippen MR) is 80.5 cm³/mol. The Bertz CT molecular complexity index is 570. The van der Waals surface area contributed by atoms with E-state index in [1.807, 2.05) is 0 Å². The number of nitrogens with one attached hydrogen (secondary N) is 1. The summed E-state index contributed by atoms with van der Waals surface area (Å²) in [5.74, 6) is 0.942. The first-order chi connectivity index (χ1) is 9.52. The second-order valence-corrected chi connectivity index (χ2v) is 5.46. The van der Waals surface area contributed by atoms with E-state index in [2.05, 4.69) is 29.1 Å². The van der Waals surface area contributed by atoms with Gasteiger partial charge in [0.25, 0.3) is 0 Å². The Kier molecular flexibility index (Phi) is 5.17. The van der Waals surface area contributed by atoms with Crippen molar-refractivity contribution in [1.82, 2.24) is 15.3 Å². The molecule has 0 unspecified atom stereocenters. The van der Waals surface area contributed by atoms with Gasteiger partial charge >= 0.3 is 0 Å². The molecule has 0 atom stereocenters. The fraction of sp³-hybridized carbons (Fsp3) is 0.286. The molecule has 0 fully saturated rings. The summed E-state index contributed by atoms with van der Waals surface area (Å²) in [6.07, 6.45) is 3.25. The Morgan fingerprint density at radius 1 is 1.15 bits per heavy atom. The number of nitrogens with zero attached hydrogens (tertiary/aromatic N) is 2. The molecule has 0 saturated carbocycles. The Labute approximate surface area is 128 Å². The summed E-state index contributed by atoms with van der Waals surface area (Å²) in [6, 6.07) is 5.38. The third-order valence-electron chi connectivity index (χ3n) is 2.41. The van der Waals surface area contributed by atoms with Crippen molar-refractivity contribution in [2.24, 2.45) is 0 Å². The minimum absolute atomic E-state index is 0.383. The van der Waals surface area contributed by atoms with Crippen LogP contribution in [0.3, 0.4) is 0 Å². The summed E-state index contributed by atoms with van der Waals surface area (Å²) in [7, 11) is 0. The Balaban J connectivity index is 2.11. The van der Waals surface area contributed by atoms with Gasteiger partial charge in [0, 0.05) is 28.8 Å². The molecular weight excluding hydrogens is 297 g/mol. The molecule has 1 N–H and O–H groups in total. The number of aromatic nitrogens is 2. The third kappa shape index (κ3) is 4.63. The molecule has 106 valence electrons. The maximum atomic E-state index is 5.92. The van der Waals surface area contributed by atoms with Gasteiger partial charge in [0.15, 0.2) is 0 Å². The lowest BCUT2D eigenvalue weighted by Crippen LogP contribution is -2.22. The Morgan fingerprint density at radius 2 is 1.85 bits per heavy atom. The highest BCUT2D eigenvalue weighted by atomic mass is 35.5. The molecule has 4 nitrogen and oxygen atoms in total. The molecule has 0 amide bonds. The molecule has 2 aromatic rings. The molecule has 0 radical (unpaired) electrons. The van der Waals surface area contributed by atoms with Crippen molar-refractivity contribution in [3.63, 3.8) is 0 Å². The predicted octanol–water partition coefficient (Wildman–Crippen LogP) is 4.07. The number of hydrogen-bond donors (Lipinski definition) is 1. The van der Waals surface area contributed by atoms with E-state index in [1.165, 1.54) is 0 Å². The maximum Gasteiger partial charge on any atom is 0.238 e. The Morgan fingerprint density at radius 3 is 2.50 bits per heavy atom. The largest absolute Gasteiger partial charge is 0.437 e. The van der Waals surface area contributed by atoms with E-state index in [9.17, 15) is 0 Å². The zero-order chi connectivity index (χ0) is 14.5. The number of rotatable bonds is 5. The van der Waals surface area contributed by atoms with Crippen molar-refractivity contribution in [3.8, 4) is 11.6 Å².